The molecule has 0 aliphatic heterocycles. The minimum absolute atomic E-state index is 0.241. The molecule has 0 bridgehead atoms. The Balaban J connectivity index is 1.93. The number of hydrogen-bond acceptors (Lipinski definition) is 3. The highest BCUT2D eigenvalue weighted by atomic mass is 16.4. The van der Waals surface area contributed by atoms with Gasteiger partial charge in [-0.3, -0.25) is 9.78 Å². The van der Waals surface area contributed by atoms with Crippen LogP contribution in [0.1, 0.15) is 42.5 Å². The van der Waals surface area contributed by atoms with Gasteiger partial charge in [-0.15, -0.1) is 0 Å². The van der Waals surface area contributed by atoms with Crippen molar-refractivity contribution in [2.75, 3.05) is 0 Å². The number of pyridine rings is 1. The van der Waals surface area contributed by atoms with Gasteiger partial charge in [-0.05, 0) is 42.7 Å². The van der Waals surface area contributed by atoms with Crippen LogP contribution in [0.4, 0.5) is 0 Å². The highest BCUT2D eigenvalue weighted by molar-refractivity contribution is 5.75. The number of nitrogens with one attached hydrogen (secondary N) is 1. The number of rotatable bonds is 6. The SMILES string of the molecule is CC(C(=O)O)c1ccc(CN[C@@H](C)c2ccncc2)cc1. The van der Waals surface area contributed by atoms with Crippen molar-refractivity contribution in [1.82, 2.24) is 10.3 Å². The van der Waals surface area contributed by atoms with Crippen molar-refractivity contribution in [2.45, 2.75) is 32.4 Å². The molecule has 0 spiro atoms. The summed E-state index contributed by atoms with van der Waals surface area (Å²) < 4.78 is 0. The molecular weight excluding hydrogens is 264 g/mol. The van der Waals surface area contributed by atoms with Crippen LogP contribution in [0.15, 0.2) is 48.8 Å². The first-order valence-electron chi connectivity index (χ1n) is 7.03. The maximum atomic E-state index is 10.9. The van der Waals surface area contributed by atoms with Gasteiger partial charge in [-0.2, -0.15) is 0 Å². The van der Waals surface area contributed by atoms with E-state index in [4.69, 9.17) is 5.11 Å². The molecule has 4 heteroatoms. The summed E-state index contributed by atoms with van der Waals surface area (Å²) in [4.78, 5) is 14.9. The first-order valence-corrected chi connectivity index (χ1v) is 7.03. The van der Waals surface area contributed by atoms with Gasteiger partial charge in [0.15, 0.2) is 0 Å². The molecule has 2 rings (SSSR count). The lowest BCUT2D eigenvalue weighted by molar-refractivity contribution is -0.138. The Hall–Kier alpha value is -2.20. The Morgan fingerprint density at radius 2 is 1.71 bits per heavy atom. The van der Waals surface area contributed by atoms with Crippen LogP contribution in [-0.4, -0.2) is 16.1 Å². The summed E-state index contributed by atoms with van der Waals surface area (Å²) in [5, 5.41) is 12.4. The van der Waals surface area contributed by atoms with Crippen LogP contribution in [0.5, 0.6) is 0 Å². The van der Waals surface area contributed by atoms with E-state index in [0.29, 0.717) is 0 Å². The topological polar surface area (TPSA) is 62.2 Å². The van der Waals surface area contributed by atoms with Crippen LogP contribution in [-0.2, 0) is 11.3 Å². The molecule has 4 nitrogen and oxygen atoms in total. The number of aliphatic carboxylic acids is 1. The van der Waals surface area contributed by atoms with Crippen molar-refractivity contribution in [3.8, 4) is 0 Å². The largest absolute Gasteiger partial charge is 0.481 e. The Labute approximate surface area is 124 Å². The summed E-state index contributed by atoms with van der Waals surface area (Å²) in [6.45, 7) is 4.54. The van der Waals surface area contributed by atoms with Gasteiger partial charge in [0.05, 0.1) is 5.92 Å². The van der Waals surface area contributed by atoms with Gasteiger partial charge in [0.25, 0.3) is 0 Å². The van der Waals surface area contributed by atoms with E-state index in [1.807, 2.05) is 36.4 Å². The Morgan fingerprint density at radius 3 is 2.29 bits per heavy atom. The summed E-state index contributed by atoms with van der Waals surface area (Å²) in [6, 6.07) is 11.9. The minimum Gasteiger partial charge on any atom is -0.481 e. The molecule has 21 heavy (non-hydrogen) atoms. The van der Waals surface area contributed by atoms with Crippen molar-refractivity contribution in [3.05, 3.63) is 65.5 Å². The normalized spacial score (nSPS) is 13.6. The Kier molecular flexibility index (Phi) is 5.06. The molecule has 1 aromatic carbocycles. The Morgan fingerprint density at radius 1 is 1.10 bits per heavy atom. The van der Waals surface area contributed by atoms with E-state index in [1.165, 1.54) is 5.56 Å². The molecule has 0 aliphatic rings. The van der Waals surface area contributed by atoms with Crippen molar-refractivity contribution < 1.29 is 9.90 Å². The fraction of sp³-hybridized carbons (Fsp3) is 0.294. The van der Waals surface area contributed by atoms with E-state index in [2.05, 4.69) is 17.2 Å². The minimum atomic E-state index is -0.799. The zero-order chi connectivity index (χ0) is 15.2. The second-order valence-electron chi connectivity index (χ2n) is 5.18. The second kappa shape index (κ2) is 6.99. The number of aromatic nitrogens is 1. The van der Waals surface area contributed by atoms with Crippen LogP contribution in [0.3, 0.4) is 0 Å². The van der Waals surface area contributed by atoms with Gasteiger partial charge in [0.2, 0.25) is 0 Å². The predicted molar refractivity (Wildman–Crippen MR) is 82.0 cm³/mol. The maximum Gasteiger partial charge on any atom is 0.310 e. The molecule has 0 saturated carbocycles. The lowest BCUT2D eigenvalue weighted by Crippen LogP contribution is -2.18. The average molecular weight is 284 g/mol. The van der Waals surface area contributed by atoms with Crippen LogP contribution in [0, 0.1) is 0 Å². The van der Waals surface area contributed by atoms with Gasteiger partial charge >= 0.3 is 5.97 Å². The molecule has 0 saturated heterocycles. The molecular formula is C17H20N2O2. The lowest BCUT2D eigenvalue weighted by atomic mass is 10.00. The molecule has 2 N–H and O–H groups in total. The van der Waals surface area contributed by atoms with Gasteiger partial charge in [-0.1, -0.05) is 24.3 Å². The van der Waals surface area contributed by atoms with E-state index in [9.17, 15) is 4.79 Å². The number of carbonyl (C=O) groups is 1. The van der Waals surface area contributed by atoms with Crippen LogP contribution in [0.25, 0.3) is 0 Å². The lowest BCUT2D eigenvalue weighted by Gasteiger charge is -2.14. The van der Waals surface area contributed by atoms with Crippen molar-refractivity contribution in [1.29, 1.82) is 0 Å². The number of benzene rings is 1. The summed E-state index contributed by atoms with van der Waals surface area (Å²) in [6.07, 6.45) is 3.57. The van der Waals surface area contributed by atoms with Gasteiger partial charge in [0.1, 0.15) is 0 Å². The number of hydrogen-bond donors (Lipinski definition) is 2. The zero-order valence-electron chi connectivity index (χ0n) is 12.3. The van der Waals surface area contributed by atoms with Gasteiger partial charge in [-0.25, -0.2) is 0 Å². The van der Waals surface area contributed by atoms with E-state index >= 15 is 0 Å². The summed E-state index contributed by atoms with van der Waals surface area (Å²) in [7, 11) is 0. The third-order valence-corrected chi connectivity index (χ3v) is 3.67. The van der Waals surface area contributed by atoms with Crippen molar-refractivity contribution in [3.63, 3.8) is 0 Å². The third kappa shape index (κ3) is 4.13. The number of carboxylic acids is 1. The fourth-order valence-corrected chi connectivity index (χ4v) is 2.11. The third-order valence-electron chi connectivity index (χ3n) is 3.67. The highest BCUT2D eigenvalue weighted by Crippen LogP contribution is 2.17. The standard InChI is InChI=1S/C17H20N2O2/c1-12(17(20)21)15-5-3-14(4-6-15)11-19-13(2)16-7-9-18-10-8-16/h3-10,12-13,19H,11H2,1-2H3,(H,20,21)/t12?,13-/m0/s1. The molecule has 0 aliphatic carbocycles. The molecule has 1 aromatic heterocycles. The molecule has 110 valence electrons. The molecule has 0 amide bonds. The highest BCUT2D eigenvalue weighted by Gasteiger charge is 2.13. The summed E-state index contributed by atoms with van der Waals surface area (Å²) >= 11 is 0. The second-order valence-corrected chi connectivity index (χ2v) is 5.18. The molecule has 1 heterocycles. The van der Waals surface area contributed by atoms with Crippen LogP contribution >= 0.6 is 0 Å². The average Bonchev–Trinajstić information content (AvgIpc) is 2.53. The van der Waals surface area contributed by atoms with Crippen molar-refractivity contribution in [2.24, 2.45) is 0 Å². The molecule has 2 atom stereocenters. The summed E-state index contributed by atoms with van der Waals surface area (Å²) in [5.74, 6) is -1.27. The van der Waals surface area contributed by atoms with E-state index in [1.54, 1.807) is 19.3 Å². The number of nitrogens with zero attached hydrogens (tertiary/aromatic N) is 1. The van der Waals surface area contributed by atoms with Crippen molar-refractivity contribution >= 4 is 5.97 Å². The number of carboxylic acid groups (broad SMARTS) is 1. The van der Waals surface area contributed by atoms with Crippen LogP contribution in [0.2, 0.25) is 0 Å². The predicted octanol–water partition coefficient (Wildman–Crippen LogP) is 3.12. The zero-order valence-corrected chi connectivity index (χ0v) is 12.3. The monoisotopic (exact) mass is 284 g/mol. The molecule has 1 unspecified atom stereocenters. The smallest absolute Gasteiger partial charge is 0.310 e. The molecule has 0 fully saturated rings. The first kappa shape index (κ1) is 15.2. The maximum absolute atomic E-state index is 10.9. The van der Waals surface area contributed by atoms with Gasteiger partial charge in [0, 0.05) is 25.0 Å². The molecule has 2 aromatic rings. The van der Waals surface area contributed by atoms with Gasteiger partial charge < -0.3 is 10.4 Å². The Bertz CT molecular complexity index is 581. The fourth-order valence-electron chi connectivity index (χ4n) is 2.11. The van der Waals surface area contributed by atoms with Crippen LogP contribution < -0.4 is 5.32 Å². The van der Waals surface area contributed by atoms with E-state index in [-0.39, 0.29) is 6.04 Å². The summed E-state index contributed by atoms with van der Waals surface area (Å²) in [5.41, 5.74) is 3.16. The quantitative estimate of drug-likeness (QED) is 0.855. The molecule has 0 radical (unpaired) electrons. The first-order chi connectivity index (χ1) is 10.1. The van der Waals surface area contributed by atoms with E-state index < -0.39 is 11.9 Å². The van der Waals surface area contributed by atoms with E-state index in [0.717, 1.165) is 17.7 Å².